The van der Waals surface area contributed by atoms with Crippen molar-refractivity contribution in [1.29, 1.82) is 0 Å². The summed E-state index contributed by atoms with van der Waals surface area (Å²) in [6.07, 6.45) is 3.00. The first-order valence-corrected chi connectivity index (χ1v) is 9.02. The number of ether oxygens (including phenoxy) is 4. The Balaban J connectivity index is 2.22. The van der Waals surface area contributed by atoms with E-state index in [1.807, 2.05) is 25.1 Å². The van der Waals surface area contributed by atoms with E-state index in [4.69, 9.17) is 18.9 Å². The lowest BCUT2D eigenvalue weighted by molar-refractivity contribution is -0.107. The van der Waals surface area contributed by atoms with E-state index in [0.717, 1.165) is 34.1 Å². The Morgan fingerprint density at radius 3 is 2.00 bits per heavy atom. The van der Waals surface area contributed by atoms with E-state index in [-0.39, 0.29) is 12.2 Å². The smallest absolute Gasteiger partial charge is 0.203 e. The molecule has 0 bridgehead atoms. The van der Waals surface area contributed by atoms with Gasteiger partial charge < -0.3 is 23.7 Å². The van der Waals surface area contributed by atoms with Gasteiger partial charge in [-0.1, -0.05) is 0 Å². The van der Waals surface area contributed by atoms with Gasteiger partial charge >= 0.3 is 0 Å². The lowest BCUT2D eigenvalue weighted by Gasteiger charge is -2.13. The summed E-state index contributed by atoms with van der Waals surface area (Å²) in [5.41, 5.74) is 4.90. The summed E-state index contributed by atoms with van der Waals surface area (Å²) in [4.78, 5) is 11.2. The van der Waals surface area contributed by atoms with Crippen LogP contribution in [0.4, 0.5) is 4.39 Å². The van der Waals surface area contributed by atoms with Gasteiger partial charge in [-0.05, 0) is 70.7 Å². The van der Waals surface area contributed by atoms with Crippen molar-refractivity contribution in [2.24, 2.45) is 0 Å². The molecule has 0 radical (unpaired) electrons. The second-order valence-corrected chi connectivity index (χ2v) is 6.52. The molecule has 0 heterocycles. The highest BCUT2D eigenvalue weighted by Crippen LogP contribution is 2.46. The average Bonchev–Trinajstić information content (AvgIpc) is 2.97. The molecule has 2 aromatic carbocycles. The summed E-state index contributed by atoms with van der Waals surface area (Å²) in [6.45, 7) is 1.92. The van der Waals surface area contributed by atoms with Crippen molar-refractivity contribution in [1.82, 2.24) is 0 Å². The third kappa shape index (κ3) is 3.58. The van der Waals surface area contributed by atoms with Crippen molar-refractivity contribution in [3.8, 4) is 23.0 Å². The van der Waals surface area contributed by atoms with Crippen molar-refractivity contribution in [3.05, 3.63) is 52.3 Å². The van der Waals surface area contributed by atoms with E-state index in [1.165, 1.54) is 13.2 Å². The fourth-order valence-corrected chi connectivity index (χ4v) is 3.63. The zero-order chi connectivity index (χ0) is 21.1. The van der Waals surface area contributed by atoms with Crippen molar-refractivity contribution in [2.75, 3.05) is 28.4 Å². The molecule has 29 heavy (non-hydrogen) atoms. The molecular formula is C23H23FO5. The number of allylic oxidation sites excluding steroid dienone is 3. The van der Waals surface area contributed by atoms with Gasteiger partial charge in [-0.15, -0.1) is 0 Å². The Labute approximate surface area is 169 Å². The number of benzene rings is 2. The molecule has 0 saturated carbocycles. The summed E-state index contributed by atoms with van der Waals surface area (Å²) < 4.78 is 35.8. The summed E-state index contributed by atoms with van der Waals surface area (Å²) in [6, 6.07) is 6.72. The number of carbonyl (C=O) groups is 1. The zero-order valence-electron chi connectivity index (χ0n) is 17.1. The Hall–Kier alpha value is -3.28. The number of hydrogen-bond donors (Lipinski definition) is 0. The number of halogens is 1. The molecule has 0 N–H and O–H groups in total. The fraction of sp³-hybridized carbons (Fsp3) is 0.261. The van der Waals surface area contributed by atoms with Gasteiger partial charge in [-0.2, -0.15) is 0 Å². The highest BCUT2D eigenvalue weighted by atomic mass is 19.1. The van der Waals surface area contributed by atoms with E-state index >= 15 is 0 Å². The molecular weight excluding hydrogens is 375 g/mol. The minimum atomic E-state index is -0.456. The summed E-state index contributed by atoms with van der Waals surface area (Å²) in [5.74, 6) is 1.23. The molecule has 0 aliphatic heterocycles. The topological polar surface area (TPSA) is 54.0 Å². The second-order valence-electron chi connectivity index (χ2n) is 6.52. The Kier molecular flexibility index (Phi) is 5.92. The second kappa shape index (κ2) is 8.39. The van der Waals surface area contributed by atoms with Crippen molar-refractivity contribution < 1.29 is 28.1 Å². The maximum absolute atomic E-state index is 14.4. The van der Waals surface area contributed by atoms with Gasteiger partial charge in [0.2, 0.25) is 5.75 Å². The highest BCUT2D eigenvalue weighted by Gasteiger charge is 2.26. The molecule has 0 unspecified atom stereocenters. The first-order valence-electron chi connectivity index (χ1n) is 9.02. The Morgan fingerprint density at radius 2 is 1.48 bits per heavy atom. The quantitative estimate of drug-likeness (QED) is 0.629. The first-order chi connectivity index (χ1) is 14.0. The van der Waals surface area contributed by atoms with E-state index in [2.05, 4.69) is 0 Å². The largest absolute Gasteiger partial charge is 0.494 e. The molecule has 0 saturated heterocycles. The van der Waals surface area contributed by atoms with Crippen LogP contribution < -0.4 is 18.9 Å². The predicted octanol–water partition coefficient (Wildman–Crippen LogP) is 4.78. The number of rotatable bonds is 7. The molecule has 1 aliphatic carbocycles. The molecule has 0 fully saturated rings. The van der Waals surface area contributed by atoms with Crippen LogP contribution in [0.15, 0.2) is 29.8 Å². The molecule has 6 heteroatoms. The third-order valence-electron chi connectivity index (χ3n) is 5.05. The lowest BCUT2D eigenvalue weighted by atomic mass is 9.99. The number of aldehydes is 1. The van der Waals surface area contributed by atoms with E-state index in [1.54, 1.807) is 27.4 Å². The van der Waals surface area contributed by atoms with Crippen molar-refractivity contribution in [2.45, 2.75) is 13.3 Å². The van der Waals surface area contributed by atoms with Crippen LogP contribution in [-0.2, 0) is 4.79 Å². The zero-order valence-corrected chi connectivity index (χ0v) is 17.1. The minimum absolute atomic E-state index is 0.147. The van der Waals surface area contributed by atoms with Gasteiger partial charge in [-0.3, -0.25) is 0 Å². The van der Waals surface area contributed by atoms with Crippen LogP contribution in [-0.4, -0.2) is 34.7 Å². The predicted molar refractivity (Wildman–Crippen MR) is 110 cm³/mol. The van der Waals surface area contributed by atoms with Crippen LogP contribution in [0.1, 0.15) is 30.0 Å². The van der Waals surface area contributed by atoms with Crippen molar-refractivity contribution in [3.63, 3.8) is 0 Å². The molecule has 152 valence electrons. The monoisotopic (exact) mass is 398 g/mol. The minimum Gasteiger partial charge on any atom is -0.494 e. The van der Waals surface area contributed by atoms with Crippen LogP contribution >= 0.6 is 0 Å². The average molecular weight is 398 g/mol. The SMILES string of the molecule is COc1cc2c(cc1F)C(=Cc1cc(OC)c(OC)c(OC)c1)C(C)=C2CC=O. The van der Waals surface area contributed by atoms with Crippen LogP contribution in [0, 0.1) is 5.82 Å². The summed E-state index contributed by atoms with van der Waals surface area (Å²) in [5, 5.41) is 0. The fourth-order valence-electron chi connectivity index (χ4n) is 3.63. The summed E-state index contributed by atoms with van der Waals surface area (Å²) in [7, 11) is 6.06. The van der Waals surface area contributed by atoms with Gasteiger partial charge in [-0.25, -0.2) is 4.39 Å². The molecule has 3 rings (SSSR count). The standard InChI is InChI=1S/C23H23FO5/c1-13-15(6-7-25)18-12-20(26-2)19(24)11-17(18)16(13)8-14-9-21(27-3)23(29-5)22(10-14)28-4/h7-12H,6H2,1-5H3. The molecule has 1 aliphatic rings. The van der Waals surface area contributed by atoms with Gasteiger partial charge in [0.05, 0.1) is 28.4 Å². The number of hydrogen-bond acceptors (Lipinski definition) is 5. The van der Waals surface area contributed by atoms with Gasteiger partial charge in [0, 0.05) is 6.42 Å². The molecule has 0 spiro atoms. The molecule has 0 aromatic heterocycles. The van der Waals surface area contributed by atoms with Gasteiger partial charge in [0.1, 0.15) is 6.29 Å². The van der Waals surface area contributed by atoms with Crippen molar-refractivity contribution >= 4 is 23.5 Å². The normalized spacial score (nSPS) is 14.1. The van der Waals surface area contributed by atoms with Crippen LogP contribution in [0.3, 0.4) is 0 Å². The molecule has 5 nitrogen and oxygen atoms in total. The Morgan fingerprint density at radius 1 is 0.862 bits per heavy atom. The van der Waals surface area contributed by atoms with Crippen LogP contribution in [0.2, 0.25) is 0 Å². The van der Waals surface area contributed by atoms with Crippen LogP contribution in [0.5, 0.6) is 23.0 Å². The summed E-state index contributed by atoms with van der Waals surface area (Å²) >= 11 is 0. The third-order valence-corrected chi connectivity index (χ3v) is 5.05. The van der Waals surface area contributed by atoms with E-state index in [9.17, 15) is 9.18 Å². The van der Waals surface area contributed by atoms with E-state index < -0.39 is 5.82 Å². The maximum atomic E-state index is 14.4. The number of carbonyl (C=O) groups excluding carboxylic acids is 1. The first kappa shape index (κ1) is 20.5. The number of methoxy groups -OCH3 is 4. The lowest BCUT2D eigenvalue weighted by Crippen LogP contribution is -1.96. The van der Waals surface area contributed by atoms with Crippen LogP contribution in [0.25, 0.3) is 17.2 Å². The molecule has 0 amide bonds. The van der Waals surface area contributed by atoms with Gasteiger partial charge in [0.15, 0.2) is 23.1 Å². The molecule has 0 atom stereocenters. The van der Waals surface area contributed by atoms with Gasteiger partial charge in [0.25, 0.3) is 0 Å². The number of fused-ring (bicyclic) bond motifs is 1. The highest BCUT2D eigenvalue weighted by molar-refractivity contribution is 6.07. The van der Waals surface area contributed by atoms with E-state index in [0.29, 0.717) is 22.8 Å². The maximum Gasteiger partial charge on any atom is 0.203 e. The molecule has 2 aromatic rings. The Bertz CT molecular complexity index is 995.